The maximum Gasteiger partial charge on any atom is 0.160 e. The van der Waals surface area contributed by atoms with E-state index in [2.05, 4.69) is 27.4 Å². The standard InChI is InChI=1S/C19H28N4/c1-2-22-13-7-10-16(22)14-18-21-17-11-6-12-20-19(17)23(18)15-8-4-3-5-9-15/h6,11-12,15-16H,2-5,7-10,13-14H2,1H3. The van der Waals surface area contributed by atoms with E-state index < -0.39 is 0 Å². The summed E-state index contributed by atoms with van der Waals surface area (Å²) in [4.78, 5) is 12.3. The molecule has 0 radical (unpaired) electrons. The van der Waals surface area contributed by atoms with E-state index >= 15 is 0 Å². The molecule has 2 aliphatic rings. The Bertz CT molecular complexity index is 656. The first-order chi connectivity index (χ1) is 11.4. The van der Waals surface area contributed by atoms with E-state index in [1.807, 2.05) is 12.3 Å². The normalized spacial score (nSPS) is 23.8. The van der Waals surface area contributed by atoms with E-state index in [9.17, 15) is 0 Å². The third-order valence-electron chi connectivity index (χ3n) is 5.79. The average Bonchev–Trinajstić information content (AvgIpc) is 3.19. The molecule has 0 bridgehead atoms. The van der Waals surface area contributed by atoms with Crippen molar-refractivity contribution in [1.82, 2.24) is 19.4 Å². The van der Waals surface area contributed by atoms with Gasteiger partial charge in [-0.15, -0.1) is 0 Å². The molecule has 23 heavy (non-hydrogen) atoms. The minimum atomic E-state index is 0.607. The average molecular weight is 312 g/mol. The van der Waals surface area contributed by atoms with Crippen LogP contribution in [0.25, 0.3) is 11.2 Å². The molecule has 4 nitrogen and oxygen atoms in total. The maximum absolute atomic E-state index is 4.99. The molecular formula is C19H28N4. The number of rotatable bonds is 4. The number of likely N-dealkylation sites (tertiary alicyclic amines) is 1. The highest BCUT2D eigenvalue weighted by Gasteiger charge is 2.28. The number of fused-ring (bicyclic) bond motifs is 1. The fraction of sp³-hybridized carbons (Fsp3) is 0.684. The number of likely N-dealkylation sites (N-methyl/N-ethyl adjacent to an activating group) is 1. The lowest BCUT2D eigenvalue weighted by Gasteiger charge is -2.27. The van der Waals surface area contributed by atoms with Crippen LogP contribution in [0, 0.1) is 0 Å². The first-order valence-electron chi connectivity index (χ1n) is 9.42. The van der Waals surface area contributed by atoms with Gasteiger partial charge in [0.2, 0.25) is 0 Å². The number of hydrogen-bond acceptors (Lipinski definition) is 3. The van der Waals surface area contributed by atoms with Crippen LogP contribution >= 0.6 is 0 Å². The van der Waals surface area contributed by atoms with Crippen LogP contribution in [0.4, 0.5) is 0 Å². The topological polar surface area (TPSA) is 34.0 Å². The Morgan fingerprint density at radius 1 is 1.13 bits per heavy atom. The van der Waals surface area contributed by atoms with Crippen molar-refractivity contribution in [2.24, 2.45) is 0 Å². The molecule has 1 aliphatic heterocycles. The van der Waals surface area contributed by atoms with Crippen LogP contribution in [0.2, 0.25) is 0 Å². The first kappa shape index (κ1) is 15.1. The second-order valence-electron chi connectivity index (χ2n) is 7.16. The van der Waals surface area contributed by atoms with E-state index in [0.717, 1.165) is 24.1 Å². The molecule has 1 saturated heterocycles. The molecular weight excluding hydrogens is 284 g/mol. The molecule has 0 spiro atoms. The molecule has 0 amide bonds. The van der Waals surface area contributed by atoms with Crippen LogP contribution < -0.4 is 0 Å². The number of aromatic nitrogens is 3. The summed E-state index contributed by atoms with van der Waals surface area (Å²) < 4.78 is 2.50. The molecule has 4 rings (SSSR count). The second-order valence-corrected chi connectivity index (χ2v) is 7.16. The fourth-order valence-electron chi connectivity index (χ4n) is 4.60. The quantitative estimate of drug-likeness (QED) is 0.857. The Labute approximate surface area is 138 Å². The third-order valence-corrected chi connectivity index (χ3v) is 5.79. The van der Waals surface area contributed by atoms with Gasteiger partial charge in [-0.2, -0.15) is 0 Å². The SMILES string of the molecule is CCN1CCCC1Cc1nc2cccnc2n1C1CCCCC1. The molecule has 2 aromatic rings. The van der Waals surface area contributed by atoms with E-state index in [0.29, 0.717) is 12.1 Å². The minimum absolute atomic E-state index is 0.607. The maximum atomic E-state index is 4.99. The van der Waals surface area contributed by atoms with Gasteiger partial charge in [-0.05, 0) is 50.9 Å². The van der Waals surface area contributed by atoms with Crippen molar-refractivity contribution < 1.29 is 0 Å². The van der Waals surface area contributed by atoms with Crippen LogP contribution in [0.1, 0.15) is 63.7 Å². The van der Waals surface area contributed by atoms with Gasteiger partial charge in [-0.1, -0.05) is 26.2 Å². The fourth-order valence-corrected chi connectivity index (χ4v) is 4.60. The van der Waals surface area contributed by atoms with E-state index in [1.165, 1.54) is 57.3 Å². The summed E-state index contributed by atoms with van der Waals surface area (Å²) in [5, 5.41) is 0. The number of hydrogen-bond donors (Lipinski definition) is 0. The summed E-state index contributed by atoms with van der Waals surface area (Å²) in [5.74, 6) is 1.27. The summed E-state index contributed by atoms with van der Waals surface area (Å²) in [6.07, 6.45) is 12.3. The highest BCUT2D eigenvalue weighted by atomic mass is 15.2. The Morgan fingerprint density at radius 2 is 2.00 bits per heavy atom. The highest BCUT2D eigenvalue weighted by Crippen LogP contribution is 2.33. The van der Waals surface area contributed by atoms with E-state index in [-0.39, 0.29) is 0 Å². The number of nitrogens with zero attached hydrogens (tertiary/aromatic N) is 4. The minimum Gasteiger partial charge on any atom is -0.310 e. The smallest absolute Gasteiger partial charge is 0.160 e. The van der Waals surface area contributed by atoms with Gasteiger partial charge in [0, 0.05) is 24.7 Å². The van der Waals surface area contributed by atoms with Crippen molar-refractivity contribution in [2.75, 3.05) is 13.1 Å². The van der Waals surface area contributed by atoms with Crippen LogP contribution in [-0.4, -0.2) is 38.6 Å². The Hall–Kier alpha value is -1.42. The van der Waals surface area contributed by atoms with E-state index in [1.54, 1.807) is 0 Å². The van der Waals surface area contributed by atoms with Crippen LogP contribution in [0.5, 0.6) is 0 Å². The van der Waals surface area contributed by atoms with Gasteiger partial charge < -0.3 is 9.47 Å². The molecule has 1 aliphatic carbocycles. The Morgan fingerprint density at radius 3 is 2.83 bits per heavy atom. The highest BCUT2D eigenvalue weighted by molar-refractivity contribution is 5.71. The number of pyridine rings is 1. The Balaban J connectivity index is 1.69. The lowest BCUT2D eigenvalue weighted by Crippen LogP contribution is -2.32. The molecule has 124 valence electrons. The first-order valence-corrected chi connectivity index (χ1v) is 9.42. The molecule has 4 heteroatoms. The molecule has 2 fully saturated rings. The van der Waals surface area contributed by atoms with Crippen molar-refractivity contribution in [3.8, 4) is 0 Å². The summed E-state index contributed by atoms with van der Waals surface area (Å²) >= 11 is 0. The number of imidazole rings is 1. The summed E-state index contributed by atoms with van der Waals surface area (Å²) in [6.45, 7) is 4.69. The summed E-state index contributed by atoms with van der Waals surface area (Å²) in [5.41, 5.74) is 2.18. The molecule has 2 aromatic heterocycles. The van der Waals surface area contributed by atoms with Gasteiger partial charge in [0.25, 0.3) is 0 Å². The third kappa shape index (κ3) is 2.89. The summed E-state index contributed by atoms with van der Waals surface area (Å²) in [6, 6.07) is 5.41. The monoisotopic (exact) mass is 312 g/mol. The van der Waals surface area contributed by atoms with Crippen molar-refractivity contribution >= 4 is 11.2 Å². The lowest BCUT2D eigenvalue weighted by atomic mass is 9.95. The molecule has 0 aromatic carbocycles. The predicted molar refractivity (Wildman–Crippen MR) is 93.6 cm³/mol. The molecule has 3 heterocycles. The van der Waals surface area contributed by atoms with Crippen LogP contribution in [0.3, 0.4) is 0 Å². The zero-order valence-electron chi connectivity index (χ0n) is 14.2. The molecule has 0 N–H and O–H groups in total. The molecule has 1 unspecified atom stereocenters. The van der Waals surface area contributed by atoms with Crippen molar-refractivity contribution in [3.05, 3.63) is 24.2 Å². The van der Waals surface area contributed by atoms with Gasteiger partial charge >= 0.3 is 0 Å². The van der Waals surface area contributed by atoms with Gasteiger partial charge in [0.05, 0.1) is 0 Å². The predicted octanol–water partition coefficient (Wildman–Crippen LogP) is 3.96. The Kier molecular flexibility index (Phi) is 4.34. The van der Waals surface area contributed by atoms with Gasteiger partial charge in [-0.3, -0.25) is 0 Å². The van der Waals surface area contributed by atoms with E-state index in [4.69, 9.17) is 4.98 Å². The molecule has 1 saturated carbocycles. The second kappa shape index (κ2) is 6.60. The lowest BCUT2D eigenvalue weighted by molar-refractivity contribution is 0.258. The van der Waals surface area contributed by atoms with Crippen LogP contribution in [0.15, 0.2) is 18.3 Å². The van der Waals surface area contributed by atoms with Crippen LogP contribution in [-0.2, 0) is 6.42 Å². The van der Waals surface area contributed by atoms with Crippen molar-refractivity contribution in [3.63, 3.8) is 0 Å². The van der Waals surface area contributed by atoms with Crippen molar-refractivity contribution in [2.45, 2.75) is 70.4 Å². The largest absolute Gasteiger partial charge is 0.310 e. The van der Waals surface area contributed by atoms with Gasteiger partial charge in [0.15, 0.2) is 5.65 Å². The van der Waals surface area contributed by atoms with Crippen molar-refractivity contribution in [1.29, 1.82) is 0 Å². The van der Waals surface area contributed by atoms with Gasteiger partial charge in [-0.25, -0.2) is 9.97 Å². The summed E-state index contributed by atoms with van der Waals surface area (Å²) in [7, 11) is 0. The zero-order valence-corrected chi connectivity index (χ0v) is 14.2. The molecule has 1 atom stereocenters. The van der Waals surface area contributed by atoms with Gasteiger partial charge in [0.1, 0.15) is 11.3 Å². The zero-order chi connectivity index (χ0) is 15.6.